The first-order valence-corrected chi connectivity index (χ1v) is 8.35. The third-order valence-corrected chi connectivity index (χ3v) is 4.41. The van der Waals surface area contributed by atoms with E-state index in [1.54, 1.807) is 22.8 Å². The molecule has 6 heteroatoms. The quantitative estimate of drug-likeness (QED) is 0.517. The van der Waals surface area contributed by atoms with Gasteiger partial charge >= 0.3 is 5.97 Å². The van der Waals surface area contributed by atoms with Gasteiger partial charge in [0.05, 0.1) is 7.11 Å². The highest BCUT2D eigenvalue weighted by atomic mass is 79.9. The maximum absolute atomic E-state index is 13.1. The standard InChI is InChI=1S/C19H16BrFN2O2/c1-25-19(24)18-9-13(12-2-5-16(21)6-3-12)10-23(18)11-14-8-15(20)4-7-17(14)22/h2-10H,11,22H2,1H3. The van der Waals surface area contributed by atoms with Gasteiger partial charge in [-0.25, -0.2) is 9.18 Å². The van der Waals surface area contributed by atoms with Gasteiger partial charge in [-0.1, -0.05) is 28.1 Å². The number of nitrogens with zero attached hydrogens (tertiary/aromatic N) is 1. The summed E-state index contributed by atoms with van der Waals surface area (Å²) in [7, 11) is 1.34. The summed E-state index contributed by atoms with van der Waals surface area (Å²) in [5, 5.41) is 0. The summed E-state index contributed by atoms with van der Waals surface area (Å²) in [6.07, 6.45) is 1.83. The fourth-order valence-electron chi connectivity index (χ4n) is 2.61. The van der Waals surface area contributed by atoms with E-state index in [-0.39, 0.29) is 5.82 Å². The molecule has 0 aliphatic heterocycles. The lowest BCUT2D eigenvalue weighted by Crippen LogP contribution is -2.11. The van der Waals surface area contributed by atoms with Crippen molar-refractivity contribution in [3.63, 3.8) is 0 Å². The van der Waals surface area contributed by atoms with Crippen LogP contribution in [0.1, 0.15) is 16.1 Å². The number of benzene rings is 2. The lowest BCUT2D eigenvalue weighted by atomic mass is 10.1. The average molecular weight is 403 g/mol. The summed E-state index contributed by atoms with van der Waals surface area (Å²) >= 11 is 3.43. The first-order chi connectivity index (χ1) is 12.0. The van der Waals surface area contributed by atoms with E-state index >= 15 is 0 Å². The molecule has 2 aromatic carbocycles. The molecule has 128 valence electrons. The molecule has 3 aromatic rings. The normalized spacial score (nSPS) is 10.7. The molecule has 2 N–H and O–H groups in total. The molecule has 0 atom stereocenters. The Morgan fingerprint density at radius 2 is 1.88 bits per heavy atom. The Balaban J connectivity index is 2.03. The molecule has 0 aliphatic carbocycles. The van der Waals surface area contributed by atoms with Crippen molar-refractivity contribution in [3.05, 3.63) is 76.3 Å². The molecule has 0 saturated heterocycles. The summed E-state index contributed by atoms with van der Waals surface area (Å²) in [5.41, 5.74) is 9.57. The van der Waals surface area contributed by atoms with E-state index in [2.05, 4.69) is 15.9 Å². The van der Waals surface area contributed by atoms with Crippen LogP contribution in [0.25, 0.3) is 11.1 Å². The van der Waals surface area contributed by atoms with Crippen LogP contribution >= 0.6 is 15.9 Å². The lowest BCUT2D eigenvalue weighted by Gasteiger charge is -2.10. The minimum atomic E-state index is -0.443. The number of carbonyl (C=O) groups excluding carboxylic acids is 1. The topological polar surface area (TPSA) is 57.2 Å². The van der Waals surface area contributed by atoms with E-state index in [0.29, 0.717) is 17.9 Å². The van der Waals surface area contributed by atoms with Crippen molar-refractivity contribution in [2.24, 2.45) is 0 Å². The third kappa shape index (κ3) is 3.74. The van der Waals surface area contributed by atoms with E-state index in [1.165, 1.54) is 19.2 Å². The van der Waals surface area contributed by atoms with Crippen molar-refractivity contribution in [1.29, 1.82) is 0 Å². The van der Waals surface area contributed by atoms with Gasteiger partial charge in [0, 0.05) is 28.5 Å². The molecule has 0 aliphatic rings. The number of nitrogens with two attached hydrogens (primary N) is 1. The van der Waals surface area contributed by atoms with Crippen molar-refractivity contribution in [3.8, 4) is 11.1 Å². The zero-order valence-corrected chi connectivity index (χ0v) is 15.1. The molecule has 1 aromatic heterocycles. The SMILES string of the molecule is COC(=O)c1cc(-c2ccc(F)cc2)cn1Cc1cc(Br)ccc1N. The number of nitrogen functional groups attached to an aromatic ring is 1. The minimum Gasteiger partial charge on any atom is -0.464 e. The van der Waals surface area contributed by atoms with Gasteiger partial charge in [0.2, 0.25) is 0 Å². The van der Waals surface area contributed by atoms with Crippen LogP contribution in [0.2, 0.25) is 0 Å². The molecule has 1 heterocycles. The van der Waals surface area contributed by atoms with Gasteiger partial charge < -0.3 is 15.0 Å². The number of ether oxygens (including phenoxy) is 1. The number of hydrogen-bond acceptors (Lipinski definition) is 3. The minimum absolute atomic E-state index is 0.307. The van der Waals surface area contributed by atoms with Gasteiger partial charge in [-0.05, 0) is 47.5 Å². The zero-order chi connectivity index (χ0) is 18.0. The third-order valence-electron chi connectivity index (χ3n) is 3.91. The summed E-state index contributed by atoms with van der Waals surface area (Å²) in [4.78, 5) is 12.1. The smallest absolute Gasteiger partial charge is 0.354 e. The number of carbonyl (C=O) groups is 1. The Bertz CT molecular complexity index is 920. The summed E-state index contributed by atoms with van der Waals surface area (Å²) in [5.74, 6) is -0.750. The first-order valence-electron chi connectivity index (χ1n) is 7.56. The van der Waals surface area contributed by atoms with Gasteiger partial charge in [-0.15, -0.1) is 0 Å². The van der Waals surface area contributed by atoms with E-state index in [9.17, 15) is 9.18 Å². The molecular weight excluding hydrogens is 387 g/mol. The van der Waals surface area contributed by atoms with Crippen LogP contribution in [0.15, 0.2) is 59.2 Å². The Morgan fingerprint density at radius 1 is 1.16 bits per heavy atom. The maximum Gasteiger partial charge on any atom is 0.354 e. The predicted molar refractivity (Wildman–Crippen MR) is 98.8 cm³/mol. The second kappa shape index (κ2) is 7.11. The van der Waals surface area contributed by atoms with Crippen LogP contribution in [-0.4, -0.2) is 17.6 Å². The molecule has 25 heavy (non-hydrogen) atoms. The first kappa shape index (κ1) is 17.2. The number of aromatic nitrogens is 1. The van der Waals surface area contributed by atoms with E-state index in [0.717, 1.165) is 21.2 Å². The number of methoxy groups -OCH3 is 1. The summed E-state index contributed by atoms with van der Waals surface area (Å²) < 4.78 is 20.7. The molecule has 0 fully saturated rings. The number of hydrogen-bond donors (Lipinski definition) is 1. The van der Waals surface area contributed by atoms with Crippen LogP contribution in [0.3, 0.4) is 0 Å². The van der Waals surface area contributed by atoms with Crippen molar-refractivity contribution in [2.75, 3.05) is 12.8 Å². The van der Waals surface area contributed by atoms with Gasteiger partial charge in [0.15, 0.2) is 0 Å². The number of rotatable bonds is 4. The van der Waals surface area contributed by atoms with E-state index in [1.807, 2.05) is 24.4 Å². The van der Waals surface area contributed by atoms with Gasteiger partial charge in [0.1, 0.15) is 11.5 Å². The second-order valence-electron chi connectivity index (χ2n) is 5.58. The highest BCUT2D eigenvalue weighted by Gasteiger charge is 2.16. The molecule has 0 radical (unpaired) electrons. The van der Waals surface area contributed by atoms with Crippen LogP contribution in [0.5, 0.6) is 0 Å². The average Bonchev–Trinajstić information content (AvgIpc) is 3.02. The van der Waals surface area contributed by atoms with Gasteiger partial charge in [-0.3, -0.25) is 0 Å². The lowest BCUT2D eigenvalue weighted by molar-refractivity contribution is 0.0589. The van der Waals surface area contributed by atoms with Gasteiger partial charge in [-0.2, -0.15) is 0 Å². The summed E-state index contributed by atoms with van der Waals surface area (Å²) in [6, 6.07) is 13.4. The fraction of sp³-hybridized carbons (Fsp3) is 0.105. The van der Waals surface area contributed by atoms with E-state index < -0.39 is 5.97 Å². The van der Waals surface area contributed by atoms with Crippen LogP contribution in [-0.2, 0) is 11.3 Å². The number of anilines is 1. The second-order valence-corrected chi connectivity index (χ2v) is 6.50. The maximum atomic E-state index is 13.1. The number of esters is 1. The van der Waals surface area contributed by atoms with E-state index in [4.69, 9.17) is 10.5 Å². The van der Waals surface area contributed by atoms with Crippen LogP contribution < -0.4 is 5.73 Å². The van der Waals surface area contributed by atoms with Crippen molar-refractivity contribution in [1.82, 2.24) is 4.57 Å². The molecule has 0 saturated carbocycles. The zero-order valence-electron chi connectivity index (χ0n) is 13.5. The van der Waals surface area contributed by atoms with Crippen molar-refractivity contribution < 1.29 is 13.9 Å². The van der Waals surface area contributed by atoms with Crippen LogP contribution in [0, 0.1) is 5.82 Å². The Morgan fingerprint density at radius 3 is 2.56 bits per heavy atom. The molecular formula is C19H16BrFN2O2. The molecule has 0 bridgehead atoms. The highest BCUT2D eigenvalue weighted by Crippen LogP contribution is 2.26. The molecule has 0 spiro atoms. The molecule has 0 amide bonds. The fourth-order valence-corrected chi connectivity index (χ4v) is 3.02. The summed E-state index contributed by atoms with van der Waals surface area (Å²) in [6.45, 7) is 0.414. The predicted octanol–water partition coefficient (Wildman–Crippen LogP) is 4.47. The Hall–Kier alpha value is -2.60. The number of halogens is 2. The Kier molecular flexibility index (Phi) is 4.90. The monoisotopic (exact) mass is 402 g/mol. The largest absolute Gasteiger partial charge is 0.464 e. The molecule has 3 rings (SSSR count). The van der Waals surface area contributed by atoms with Crippen LogP contribution in [0.4, 0.5) is 10.1 Å². The Labute approximate surface area is 153 Å². The van der Waals surface area contributed by atoms with Crippen molar-refractivity contribution >= 4 is 27.6 Å². The molecule has 0 unspecified atom stereocenters. The highest BCUT2D eigenvalue weighted by molar-refractivity contribution is 9.10. The van der Waals surface area contributed by atoms with Crippen molar-refractivity contribution in [2.45, 2.75) is 6.54 Å². The molecule has 4 nitrogen and oxygen atoms in total. The van der Waals surface area contributed by atoms with Gasteiger partial charge in [0.25, 0.3) is 0 Å².